The van der Waals surface area contributed by atoms with E-state index in [1.54, 1.807) is 0 Å². The molecule has 0 bridgehead atoms. The predicted molar refractivity (Wildman–Crippen MR) is 57.2 cm³/mol. The number of hydrogen-bond donors (Lipinski definition) is 2. The molecule has 0 spiro atoms. The summed E-state index contributed by atoms with van der Waals surface area (Å²) in [6.45, 7) is 0. The monoisotopic (exact) mass is 303 g/mol. The summed E-state index contributed by atoms with van der Waals surface area (Å²) in [5.74, 6) is 0.0374. The van der Waals surface area contributed by atoms with Crippen molar-refractivity contribution in [1.82, 2.24) is 0 Å². The van der Waals surface area contributed by atoms with Crippen LogP contribution in [0.3, 0.4) is 0 Å². The zero-order valence-electron chi connectivity index (χ0n) is 7.73. The molecule has 0 aliphatic rings. The van der Waals surface area contributed by atoms with Crippen molar-refractivity contribution in [3.63, 3.8) is 0 Å². The Hall–Kier alpha value is 1.26. The van der Waals surface area contributed by atoms with E-state index in [-0.39, 0.29) is 41.1 Å². The van der Waals surface area contributed by atoms with Gasteiger partial charge in [0.05, 0.1) is 0 Å². The Morgan fingerprint density at radius 2 is 1.13 bits per heavy atom. The van der Waals surface area contributed by atoms with Crippen LogP contribution in [0.2, 0.25) is 0 Å². The fourth-order valence-electron chi connectivity index (χ4n) is 0.387. The largest absolute Gasteiger partial charge is 1.00 e. The average molecular weight is 303 g/mol. The minimum absolute atomic E-state index is 0. The first kappa shape index (κ1) is 18.6. The second-order valence-corrected chi connectivity index (χ2v) is 8.69. The molecule has 0 aliphatic carbocycles. The quantitative estimate of drug-likeness (QED) is 0.242. The summed E-state index contributed by atoms with van der Waals surface area (Å²) in [5, 5.41) is 0. The van der Waals surface area contributed by atoms with Crippen molar-refractivity contribution in [2.45, 2.75) is 0 Å². The topological polar surface area (TPSA) is 109 Å². The van der Waals surface area contributed by atoms with E-state index in [0.29, 0.717) is 21.6 Å². The molecule has 0 aromatic carbocycles. The molecule has 0 aromatic heterocycles. The van der Waals surface area contributed by atoms with Gasteiger partial charge in [0.25, 0.3) is 0 Å². The Kier molecular flexibility index (Phi) is 10.4. The van der Waals surface area contributed by atoms with E-state index in [2.05, 4.69) is 0 Å². The molecule has 15 heavy (non-hydrogen) atoms. The van der Waals surface area contributed by atoms with Gasteiger partial charge in [0.15, 0.2) is 0 Å². The van der Waals surface area contributed by atoms with Crippen LogP contribution in [0, 0.1) is 0 Å². The van der Waals surface area contributed by atoms with Crippen molar-refractivity contribution < 1.29 is 55.5 Å². The normalized spacial score (nSPS) is 12.7. The fourth-order valence-corrected chi connectivity index (χ4v) is 2.66. The van der Waals surface area contributed by atoms with Crippen LogP contribution in [0.5, 0.6) is 0 Å². The van der Waals surface area contributed by atoms with E-state index in [4.69, 9.17) is 9.11 Å². The molecule has 6 nitrogen and oxygen atoms in total. The summed E-state index contributed by atoms with van der Waals surface area (Å²) >= 11 is 0. The fraction of sp³-hybridized carbons (Fsp3) is 0.500. The average Bonchev–Trinajstić information content (AvgIpc) is 1.92. The Bertz CT molecular complexity index is 345. The summed E-state index contributed by atoms with van der Waals surface area (Å²) in [7, 11) is -7.47. The van der Waals surface area contributed by atoms with E-state index >= 15 is 0 Å². The molecule has 2 N–H and O–H groups in total. The van der Waals surface area contributed by atoms with E-state index in [9.17, 15) is 16.8 Å². The van der Waals surface area contributed by atoms with Crippen molar-refractivity contribution in [1.29, 1.82) is 0 Å². The second kappa shape index (κ2) is 8.37. The maximum atomic E-state index is 10.2. The third-order valence-electron chi connectivity index (χ3n) is 0.793. The van der Waals surface area contributed by atoms with Crippen LogP contribution in [0.25, 0.3) is 0 Å². The molecule has 0 fully saturated rings. The molecular weight excluding hydrogens is 295 g/mol. The van der Waals surface area contributed by atoms with Crippen LogP contribution in [0.1, 0.15) is 0 Å². The van der Waals surface area contributed by atoms with Gasteiger partial charge in [0, 0.05) is 33.1 Å². The molecule has 0 amide bonds. The minimum Gasteiger partial charge on any atom is -0.277 e. The van der Waals surface area contributed by atoms with Crippen LogP contribution in [0.15, 0.2) is 12.2 Å². The van der Waals surface area contributed by atoms with Crippen molar-refractivity contribution in [3.05, 3.63) is 12.2 Å². The van der Waals surface area contributed by atoms with E-state index in [0.717, 1.165) is 0 Å². The third-order valence-corrected chi connectivity index (χ3v) is 4.65. The number of hydrogen-bond acceptors (Lipinski definition) is 6. The zero-order valence-corrected chi connectivity index (χ0v) is 13.0. The van der Waals surface area contributed by atoms with Crippen molar-refractivity contribution in [2.75, 3.05) is 11.5 Å². The summed E-state index contributed by atoms with van der Waals surface area (Å²) in [6.07, 6.45) is 2.74. The first-order chi connectivity index (χ1) is 6.21. The van der Waals surface area contributed by atoms with Gasteiger partial charge in [-0.3, -0.25) is 9.11 Å². The van der Waals surface area contributed by atoms with Crippen LogP contribution < -0.4 is 29.6 Å². The number of rotatable bonds is 6. The van der Waals surface area contributed by atoms with Gasteiger partial charge in [-0.1, -0.05) is 12.2 Å². The van der Waals surface area contributed by atoms with Gasteiger partial charge in [-0.15, -0.1) is 0 Å². The molecular formula is C4H8NaO6S4+. The predicted octanol–water partition coefficient (Wildman–Crippen LogP) is -2.38. The molecule has 0 heterocycles. The third kappa shape index (κ3) is 17.9. The molecule has 0 aromatic rings. The van der Waals surface area contributed by atoms with Crippen molar-refractivity contribution >= 4 is 39.9 Å². The molecule has 0 rings (SSSR count). The molecule has 0 unspecified atom stereocenters. The van der Waals surface area contributed by atoms with Gasteiger partial charge in [-0.2, -0.15) is 16.8 Å². The maximum Gasteiger partial charge on any atom is 1.00 e. The van der Waals surface area contributed by atoms with E-state index in [1.807, 2.05) is 0 Å². The van der Waals surface area contributed by atoms with Gasteiger partial charge in [-0.05, 0) is 0 Å². The molecule has 0 saturated carbocycles. The molecule has 0 atom stereocenters. The van der Waals surface area contributed by atoms with Gasteiger partial charge in [0.1, 0.15) is 0 Å². The van der Waals surface area contributed by atoms with Crippen LogP contribution >= 0.6 is 21.6 Å². The van der Waals surface area contributed by atoms with E-state index in [1.165, 1.54) is 12.2 Å². The van der Waals surface area contributed by atoms with E-state index < -0.39 is 18.3 Å². The minimum atomic E-state index is -4.05. The summed E-state index contributed by atoms with van der Waals surface area (Å²) < 4.78 is 57.2. The second-order valence-electron chi connectivity index (χ2n) is 1.90. The Morgan fingerprint density at radius 3 is 1.33 bits per heavy atom. The van der Waals surface area contributed by atoms with Crippen molar-refractivity contribution in [3.8, 4) is 0 Å². The first-order valence-electron chi connectivity index (χ1n) is 3.09. The molecule has 11 heteroatoms. The van der Waals surface area contributed by atoms with Gasteiger partial charge < -0.3 is 0 Å². The van der Waals surface area contributed by atoms with Crippen LogP contribution in [0.4, 0.5) is 0 Å². The Balaban J connectivity index is 0. The van der Waals surface area contributed by atoms with Gasteiger partial charge in [0.2, 0.25) is 0 Å². The Morgan fingerprint density at radius 1 is 0.867 bits per heavy atom. The van der Waals surface area contributed by atoms with Gasteiger partial charge in [-0.25, -0.2) is 0 Å². The first-order valence-corrected chi connectivity index (χ1v) is 8.98. The Labute approximate surface area is 118 Å². The van der Waals surface area contributed by atoms with Crippen LogP contribution in [-0.4, -0.2) is 37.4 Å². The van der Waals surface area contributed by atoms with Gasteiger partial charge >= 0.3 is 47.9 Å². The maximum absolute atomic E-state index is 10.2. The smallest absolute Gasteiger partial charge is 0.277 e. The summed E-state index contributed by atoms with van der Waals surface area (Å²) in [4.78, 5) is 0. The molecule has 0 radical (unpaired) electrons. The standard InChI is InChI=1S/C4H8O6S4.Na/c5-13(6,7)11-3-1-2-4-12-14(8,9)10;/h1-2H,3-4H2,(H,5,6,7)(H,8,9,10);/q;+1/b2-1-;. The van der Waals surface area contributed by atoms with Crippen LogP contribution in [-0.2, 0) is 18.3 Å². The summed E-state index contributed by atoms with van der Waals surface area (Å²) in [6, 6.07) is 0. The summed E-state index contributed by atoms with van der Waals surface area (Å²) in [5.41, 5.74) is 0. The zero-order chi connectivity index (χ0) is 11.2. The van der Waals surface area contributed by atoms with Crippen molar-refractivity contribution in [2.24, 2.45) is 0 Å². The molecule has 0 aliphatic heterocycles. The molecule has 84 valence electrons. The SMILES string of the molecule is O=S(=O)(O)SC/C=C\CSS(=O)(=O)O.[Na+]. The molecule has 0 saturated heterocycles.